The zero-order valence-electron chi connectivity index (χ0n) is 14.2. The minimum absolute atomic E-state index is 0. The first-order valence-electron chi connectivity index (χ1n) is 8.00. The van der Waals surface area contributed by atoms with Gasteiger partial charge in [0.05, 0.1) is 6.61 Å². The number of halogens is 1. The maximum atomic E-state index is 5.66. The first-order valence-corrected chi connectivity index (χ1v) is 8.88. The number of nitrogens with zero attached hydrogens (tertiary/aromatic N) is 1. The Balaban J connectivity index is 0.00000288. The molecule has 6 heteroatoms. The van der Waals surface area contributed by atoms with Crippen molar-refractivity contribution >= 4 is 41.3 Å². The van der Waals surface area contributed by atoms with Crippen molar-refractivity contribution < 1.29 is 4.74 Å². The maximum absolute atomic E-state index is 5.66. The summed E-state index contributed by atoms with van der Waals surface area (Å²) in [7, 11) is 1.79. The highest BCUT2D eigenvalue weighted by Crippen LogP contribution is 2.13. The number of ether oxygens (including phenoxy) is 1. The van der Waals surface area contributed by atoms with E-state index >= 15 is 0 Å². The van der Waals surface area contributed by atoms with Crippen molar-refractivity contribution in [1.82, 2.24) is 10.6 Å². The molecule has 0 saturated heterocycles. The molecule has 2 rings (SSSR count). The highest BCUT2D eigenvalue weighted by molar-refractivity contribution is 14.0. The van der Waals surface area contributed by atoms with Crippen LogP contribution in [0.5, 0.6) is 5.75 Å². The fourth-order valence-corrected chi connectivity index (χ4v) is 2.84. The molecule has 2 N–H and O–H groups in total. The van der Waals surface area contributed by atoms with Crippen LogP contribution in [0.4, 0.5) is 0 Å². The van der Waals surface area contributed by atoms with Gasteiger partial charge in [-0.15, -0.1) is 35.3 Å². The van der Waals surface area contributed by atoms with Gasteiger partial charge in [0.1, 0.15) is 5.75 Å². The van der Waals surface area contributed by atoms with Gasteiger partial charge < -0.3 is 15.4 Å². The number of guanidine groups is 1. The lowest BCUT2D eigenvalue weighted by Gasteiger charge is -2.12. The first-order chi connectivity index (χ1) is 11.3. The van der Waals surface area contributed by atoms with Gasteiger partial charge in [-0.25, -0.2) is 0 Å². The normalized spacial score (nSPS) is 10.8. The Morgan fingerprint density at radius 1 is 1.21 bits per heavy atom. The Kier molecular flexibility index (Phi) is 10.5. The molecule has 0 radical (unpaired) electrons. The number of benzene rings is 1. The molecule has 0 atom stereocenters. The van der Waals surface area contributed by atoms with Crippen molar-refractivity contribution in [2.45, 2.75) is 26.3 Å². The van der Waals surface area contributed by atoms with E-state index in [-0.39, 0.29) is 24.0 Å². The molecule has 1 aromatic carbocycles. The monoisotopic (exact) mass is 459 g/mol. The lowest BCUT2D eigenvalue weighted by Crippen LogP contribution is -2.37. The number of rotatable bonds is 8. The van der Waals surface area contributed by atoms with Crippen molar-refractivity contribution in [1.29, 1.82) is 0 Å². The van der Waals surface area contributed by atoms with Crippen molar-refractivity contribution in [2.75, 3.05) is 20.2 Å². The standard InChI is InChI=1S/C18H25N3OS.HI/c1-3-11-22-16-7-4-6-15(13-16)14-21-18(19-2)20-10-9-17-8-5-12-23-17;/h4-8,12-13H,3,9-11,14H2,1-2H3,(H2,19,20,21);1H. The van der Waals surface area contributed by atoms with E-state index in [1.54, 1.807) is 18.4 Å². The molecule has 24 heavy (non-hydrogen) atoms. The predicted octanol–water partition coefficient (Wildman–Crippen LogP) is 4.06. The highest BCUT2D eigenvalue weighted by Gasteiger charge is 2.01. The van der Waals surface area contributed by atoms with Crippen LogP contribution >= 0.6 is 35.3 Å². The Labute approximate surface area is 165 Å². The molecule has 0 saturated carbocycles. The molecule has 4 nitrogen and oxygen atoms in total. The molecular formula is C18H26IN3OS. The zero-order valence-corrected chi connectivity index (χ0v) is 17.4. The molecule has 0 aliphatic carbocycles. The van der Waals surface area contributed by atoms with Gasteiger partial charge in [-0.1, -0.05) is 25.1 Å². The molecular weight excluding hydrogens is 433 g/mol. The highest BCUT2D eigenvalue weighted by atomic mass is 127. The van der Waals surface area contributed by atoms with Crippen LogP contribution in [0, 0.1) is 0 Å². The second-order valence-electron chi connectivity index (χ2n) is 5.18. The fourth-order valence-electron chi connectivity index (χ4n) is 2.13. The van der Waals surface area contributed by atoms with Crippen molar-refractivity contribution in [3.8, 4) is 5.75 Å². The van der Waals surface area contributed by atoms with Crippen LogP contribution in [-0.4, -0.2) is 26.2 Å². The van der Waals surface area contributed by atoms with Crippen LogP contribution in [0.25, 0.3) is 0 Å². The lowest BCUT2D eigenvalue weighted by molar-refractivity contribution is 0.317. The van der Waals surface area contributed by atoms with Crippen LogP contribution in [0.2, 0.25) is 0 Å². The molecule has 0 unspecified atom stereocenters. The number of hydrogen-bond acceptors (Lipinski definition) is 3. The van der Waals surface area contributed by atoms with E-state index in [9.17, 15) is 0 Å². The van der Waals surface area contributed by atoms with Crippen LogP contribution < -0.4 is 15.4 Å². The molecule has 0 amide bonds. The molecule has 0 spiro atoms. The SMILES string of the molecule is CCCOc1cccc(CNC(=NC)NCCc2cccs2)c1.I. The summed E-state index contributed by atoms with van der Waals surface area (Å²) in [5, 5.41) is 8.78. The van der Waals surface area contributed by atoms with Gasteiger partial charge in [-0.2, -0.15) is 0 Å². The van der Waals surface area contributed by atoms with Gasteiger partial charge in [-0.05, 0) is 42.0 Å². The first kappa shape index (κ1) is 20.8. The van der Waals surface area contributed by atoms with Crippen molar-refractivity contribution in [3.63, 3.8) is 0 Å². The molecule has 2 aromatic rings. The van der Waals surface area contributed by atoms with E-state index in [0.29, 0.717) is 0 Å². The third-order valence-corrected chi connectivity index (χ3v) is 4.23. The quantitative estimate of drug-likeness (QED) is 0.356. The van der Waals surface area contributed by atoms with Crippen LogP contribution in [0.3, 0.4) is 0 Å². The van der Waals surface area contributed by atoms with E-state index in [2.05, 4.69) is 52.2 Å². The number of aliphatic imine (C=N–C) groups is 1. The Morgan fingerprint density at radius 3 is 2.79 bits per heavy atom. The molecule has 1 aromatic heterocycles. The Hall–Kier alpha value is -1.28. The second kappa shape index (κ2) is 12.1. The molecule has 1 heterocycles. The average Bonchev–Trinajstić information content (AvgIpc) is 3.10. The molecule has 132 valence electrons. The summed E-state index contributed by atoms with van der Waals surface area (Å²) in [5.74, 6) is 1.74. The van der Waals surface area contributed by atoms with Crippen LogP contribution in [-0.2, 0) is 13.0 Å². The maximum Gasteiger partial charge on any atom is 0.191 e. The summed E-state index contributed by atoms with van der Waals surface area (Å²) in [6.45, 7) is 4.46. The van der Waals surface area contributed by atoms with E-state index in [0.717, 1.165) is 44.2 Å². The van der Waals surface area contributed by atoms with E-state index in [1.807, 2.05) is 12.1 Å². The molecule has 0 bridgehead atoms. The second-order valence-corrected chi connectivity index (χ2v) is 6.21. The van der Waals surface area contributed by atoms with Gasteiger partial charge in [0.2, 0.25) is 0 Å². The predicted molar refractivity (Wildman–Crippen MR) is 114 cm³/mol. The van der Waals surface area contributed by atoms with Crippen LogP contribution in [0.1, 0.15) is 23.8 Å². The summed E-state index contributed by atoms with van der Waals surface area (Å²) in [5.41, 5.74) is 1.18. The smallest absolute Gasteiger partial charge is 0.191 e. The molecule has 0 fully saturated rings. The zero-order chi connectivity index (χ0) is 16.3. The topological polar surface area (TPSA) is 45.6 Å². The average molecular weight is 459 g/mol. The minimum atomic E-state index is 0. The van der Waals surface area contributed by atoms with Crippen LogP contribution in [0.15, 0.2) is 46.8 Å². The van der Waals surface area contributed by atoms with Gasteiger partial charge in [0, 0.05) is 25.0 Å². The van der Waals surface area contributed by atoms with Gasteiger partial charge in [0.15, 0.2) is 5.96 Å². The number of hydrogen-bond donors (Lipinski definition) is 2. The van der Waals surface area contributed by atoms with E-state index < -0.39 is 0 Å². The van der Waals surface area contributed by atoms with E-state index in [4.69, 9.17) is 4.74 Å². The van der Waals surface area contributed by atoms with Crippen molar-refractivity contribution in [2.24, 2.45) is 4.99 Å². The third kappa shape index (κ3) is 7.53. The Morgan fingerprint density at radius 2 is 2.08 bits per heavy atom. The molecule has 0 aliphatic heterocycles. The lowest BCUT2D eigenvalue weighted by atomic mass is 10.2. The fraction of sp³-hybridized carbons (Fsp3) is 0.389. The van der Waals surface area contributed by atoms with Gasteiger partial charge >= 0.3 is 0 Å². The number of thiophene rings is 1. The van der Waals surface area contributed by atoms with E-state index in [1.165, 1.54) is 10.4 Å². The molecule has 0 aliphatic rings. The van der Waals surface area contributed by atoms with Crippen molar-refractivity contribution in [3.05, 3.63) is 52.2 Å². The largest absolute Gasteiger partial charge is 0.494 e. The summed E-state index contributed by atoms with van der Waals surface area (Å²) in [6.07, 6.45) is 2.03. The Bertz CT molecular complexity index is 602. The minimum Gasteiger partial charge on any atom is -0.494 e. The number of nitrogens with one attached hydrogen (secondary N) is 2. The van der Waals surface area contributed by atoms with Gasteiger partial charge in [0.25, 0.3) is 0 Å². The van der Waals surface area contributed by atoms with Gasteiger partial charge in [-0.3, -0.25) is 4.99 Å². The summed E-state index contributed by atoms with van der Waals surface area (Å²) >= 11 is 1.79. The summed E-state index contributed by atoms with van der Waals surface area (Å²) in [6, 6.07) is 12.4. The summed E-state index contributed by atoms with van der Waals surface area (Å²) < 4.78 is 5.66. The summed E-state index contributed by atoms with van der Waals surface area (Å²) in [4.78, 5) is 5.64. The third-order valence-electron chi connectivity index (χ3n) is 3.30.